The standard InChI is InChI=1S/C10H16.CH4/c1-4-10-6-5-8(2)9(3)7-10;/h4,9H,2,5-7H2,1,3H3;1H4/b10-4-;/t9-;/m1./s1. The van der Waals surface area contributed by atoms with E-state index in [-0.39, 0.29) is 7.43 Å². The van der Waals surface area contributed by atoms with Crippen LogP contribution in [0.3, 0.4) is 0 Å². The molecule has 0 aliphatic heterocycles. The Kier molecular flexibility index (Phi) is 4.17. The van der Waals surface area contributed by atoms with E-state index in [1.54, 1.807) is 5.57 Å². The van der Waals surface area contributed by atoms with Crippen molar-refractivity contribution in [3.8, 4) is 0 Å². The van der Waals surface area contributed by atoms with E-state index in [1.165, 1.54) is 24.8 Å². The first-order valence-electron chi connectivity index (χ1n) is 4.05. The SMILES string of the molecule is C.C=C1CC/C(=C/C)C[C@H]1C. The lowest BCUT2D eigenvalue weighted by atomic mass is 9.83. The third-order valence-electron chi connectivity index (χ3n) is 2.44. The maximum absolute atomic E-state index is 4.04. The summed E-state index contributed by atoms with van der Waals surface area (Å²) < 4.78 is 0. The highest BCUT2D eigenvalue weighted by Gasteiger charge is 2.14. The fourth-order valence-electron chi connectivity index (χ4n) is 1.47. The van der Waals surface area contributed by atoms with Crippen molar-refractivity contribution in [2.75, 3.05) is 0 Å². The first-order valence-corrected chi connectivity index (χ1v) is 4.05. The molecule has 0 bridgehead atoms. The number of allylic oxidation sites excluding steroid dienone is 3. The van der Waals surface area contributed by atoms with Crippen LogP contribution in [0.2, 0.25) is 0 Å². The highest BCUT2D eigenvalue weighted by molar-refractivity contribution is 5.15. The molecule has 0 unspecified atom stereocenters. The molecule has 1 aliphatic carbocycles. The quantitative estimate of drug-likeness (QED) is 0.461. The zero-order valence-corrected chi connectivity index (χ0v) is 6.98. The fraction of sp³-hybridized carbons (Fsp3) is 0.636. The van der Waals surface area contributed by atoms with Gasteiger partial charge in [0.2, 0.25) is 0 Å². The van der Waals surface area contributed by atoms with Crippen LogP contribution >= 0.6 is 0 Å². The Balaban J connectivity index is 0.000001000. The molecule has 0 radical (unpaired) electrons. The molecule has 0 aromatic carbocycles. The summed E-state index contributed by atoms with van der Waals surface area (Å²) in [6, 6.07) is 0. The van der Waals surface area contributed by atoms with Crippen LogP contribution in [0.1, 0.15) is 40.5 Å². The maximum atomic E-state index is 4.04. The number of hydrogen-bond acceptors (Lipinski definition) is 0. The summed E-state index contributed by atoms with van der Waals surface area (Å²) in [5.74, 6) is 0.722. The molecule has 1 atom stereocenters. The zero-order valence-electron chi connectivity index (χ0n) is 6.98. The van der Waals surface area contributed by atoms with E-state index < -0.39 is 0 Å². The van der Waals surface area contributed by atoms with Gasteiger partial charge < -0.3 is 0 Å². The van der Waals surface area contributed by atoms with Crippen molar-refractivity contribution in [2.45, 2.75) is 40.5 Å². The molecule has 11 heavy (non-hydrogen) atoms. The summed E-state index contributed by atoms with van der Waals surface area (Å²) in [6.45, 7) is 8.44. The van der Waals surface area contributed by atoms with Crippen molar-refractivity contribution in [3.63, 3.8) is 0 Å². The van der Waals surface area contributed by atoms with Crippen molar-refractivity contribution >= 4 is 0 Å². The van der Waals surface area contributed by atoms with Gasteiger partial charge in [0.25, 0.3) is 0 Å². The molecule has 1 fully saturated rings. The van der Waals surface area contributed by atoms with Crippen LogP contribution in [-0.2, 0) is 0 Å². The third-order valence-corrected chi connectivity index (χ3v) is 2.44. The predicted molar refractivity (Wildman–Crippen MR) is 52.6 cm³/mol. The summed E-state index contributed by atoms with van der Waals surface area (Å²) in [6.07, 6.45) is 5.96. The van der Waals surface area contributed by atoms with Crippen LogP contribution in [0, 0.1) is 5.92 Å². The Morgan fingerprint density at radius 1 is 1.45 bits per heavy atom. The number of hydrogen-bond donors (Lipinski definition) is 0. The van der Waals surface area contributed by atoms with Gasteiger partial charge >= 0.3 is 0 Å². The zero-order chi connectivity index (χ0) is 7.56. The summed E-state index contributed by atoms with van der Waals surface area (Å²) >= 11 is 0. The average molecular weight is 152 g/mol. The molecule has 0 N–H and O–H groups in total. The van der Waals surface area contributed by atoms with E-state index in [0.29, 0.717) is 0 Å². The molecule has 64 valence electrons. The highest BCUT2D eigenvalue weighted by Crippen LogP contribution is 2.30. The summed E-state index contributed by atoms with van der Waals surface area (Å²) in [4.78, 5) is 0. The molecule has 0 aromatic heterocycles. The number of rotatable bonds is 0. The van der Waals surface area contributed by atoms with Crippen molar-refractivity contribution in [1.82, 2.24) is 0 Å². The molecule has 1 rings (SSSR count). The van der Waals surface area contributed by atoms with Crippen LogP contribution in [-0.4, -0.2) is 0 Å². The molecule has 0 amide bonds. The second-order valence-electron chi connectivity index (χ2n) is 3.21. The molecule has 0 nitrogen and oxygen atoms in total. The molecule has 0 saturated heterocycles. The predicted octanol–water partition coefficient (Wildman–Crippen LogP) is 3.95. The lowest BCUT2D eigenvalue weighted by molar-refractivity contribution is 0.575. The highest BCUT2D eigenvalue weighted by atomic mass is 14.2. The third kappa shape index (κ3) is 2.53. The van der Waals surface area contributed by atoms with Crippen molar-refractivity contribution in [1.29, 1.82) is 0 Å². The van der Waals surface area contributed by atoms with E-state index >= 15 is 0 Å². The molecule has 0 spiro atoms. The van der Waals surface area contributed by atoms with Gasteiger partial charge in [-0.25, -0.2) is 0 Å². The van der Waals surface area contributed by atoms with Crippen LogP contribution in [0.15, 0.2) is 23.8 Å². The van der Waals surface area contributed by atoms with Gasteiger partial charge in [-0.1, -0.05) is 38.2 Å². The van der Waals surface area contributed by atoms with Crippen molar-refractivity contribution in [3.05, 3.63) is 23.8 Å². The molecule has 0 aromatic rings. The Bertz CT molecular complexity index is 163. The van der Waals surface area contributed by atoms with Gasteiger partial charge in [-0.3, -0.25) is 0 Å². The Labute approximate surface area is 71.0 Å². The topological polar surface area (TPSA) is 0 Å². The molecule has 1 saturated carbocycles. The minimum absolute atomic E-state index is 0. The molecule has 1 aliphatic rings. The first-order chi connectivity index (χ1) is 4.74. The minimum Gasteiger partial charge on any atom is -0.0996 e. The van der Waals surface area contributed by atoms with Crippen LogP contribution in [0.4, 0.5) is 0 Å². The van der Waals surface area contributed by atoms with E-state index in [9.17, 15) is 0 Å². The minimum atomic E-state index is 0. The van der Waals surface area contributed by atoms with Crippen molar-refractivity contribution in [2.24, 2.45) is 5.92 Å². The van der Waals surface area contributed by atoms with Gasteiger partial charge in [-0.15, -0.1) is 0 Å². The van der Waals surface area contributed by atoms with E-state index in [0.717, 1.165) is 5.92 Å². The van der Waals surface area contributed by atoms with Crippen molar-refractivity contribution < 1.29 is 0 Å². The Morgan fingerprint density at radius 2 is 2.09 bits per heavy atom. The molecular weight excluding hydrogens is 132 g/mol. The van der Waals surface area contributed by atoms with Gasteiger partial charge in [0.15, 0.2) is 0 Å². The normalized spacial score (nSPS) is 28.4. The first kappa shape index (κ1) is 10.5. The van der Waals surface area contributed by atoms with Gasteiger partial charge in [0, 0.05) is 0 Å². The second kappa shape index (κ2) is 4.38. The second-order valence-corrected chi connectivity index (χ2v) is 3.21. The van der Waals surface area contributed by atoms with Gasteiger partial charge in [-0.05, 0) is 32.1 Å². The summed E-state index contributed by atoms with van der Waals surface area (Å²) in [5.41, 5.74) is 3.05. The van der Waals surface area contributed by atoms with Gasteiger partial charge in [0.05, 0.1) is 0 Å². The average Bonchev–Trinajstić information content (AvgIpc) is 1.95. The molecular formula is C11H20. The van der Waals surface area contributed by atoms with Crippen LogP contribution in [0.5, 0.6) is 0 Å². The monoisotopic (exact) mass is 152 g/mol. The lowest BCUT2D eigenvalue weighted by Gasteiger charge is -2.22. The van der Waals surface area contributed by atoms with Crippen LogP contribution in [0.25, 0.3) is 0 Å². The van der Waals surface area contributed by atoms with E-state index in [1.807, 2.05) is 0 Å². The van der Waals surface area contributed by atoms with E-state index in [2.05, 4.69) is 26.5 Å². The fourth-order valence-corrected chi connectivity index (χ4v) is 1.47. The van der Waals surface area contributed by atoms with Gasteiger partial charge in [-0.2, -0.15) is 0 Å². The smallest absolute Gasteiger partial charge is 0.0197 e. The Hall–Kier alpha value is -0.520. The van der Waals surface area contributed by atoms with E-state index in [4.69, 9.17) is 0 Å². The summed E-state index contributed by atoms with van der Waals surface area (Å²) in [7, 11) is 0. The summed E-state index contributed by atoms with van der Waals surface area (Å²) in [5, 5.41) is 0. The maximum Gasteiger partial charge on any atom is -0.0197 e. The molecule has 0 heteroatoms. The largest absolute Gasteiger partial charge is 0.0996 e. The van der Waals surface area contributed by atoms with Crippen LogP contribution < -0.4 is 0 Å². The van der Waals surface area contributed by atoms with Gasteiger partial charge in [0.1, 0.15) is 0 Å². The lowest BCUT2D eigenvalue weighted by Crippen LogP contribution is -2.06. The molecule has 0 heterocycles. The Morgan fingerprint density at radius 3 is 2.55 bits per heavy atom.